The van der Waals surface area contributed by atoms with Gasteiger partial charge in [-0.05, 0) is 104 Å². The first-order valence-electron chi connectivity index (χ1n) is 13.7. The number of halogens is 1. The predicted octanol–water partition coefficient (Wildman–Crippen LogP) is 6.66. The van der Waals surface area contributed by atoms with Crippen LogP contribution in [0.1, 0.15) is 34.8 Å². The lowest BCUT2D eigenvalue weighted by Gasteiger charge is -2.30. The van der Waals surface area contributed by atoms with Crippen LogP contribution in [0, 0.1) is 5.82 Å². The number of hydrogen-bond acceptors (Lipinski definition) is 7. The van der Waals surface area contributed by atoms with Gasteiger partial charge in [0.15, 0.2) is 0 Å². The lowest BCUT2D eigenvalue weighted by Crippen LogP contribution is -2.35. The van der Waals surface area contributed by atoms with Crippen LogP contribution >= 0.6 is 11.3 Å². The number of benzene rings is 4. The first kappa shape index (κ1) is 28.5. The number of aryl methyl sites for hydroxylation is 1. The van der Waals surface area contributed by atoms with Crippen molar-refractivity contribution < 1.29 is 22.3 Å². The molecule has 4 aromatic carbocycles. The zero-order valence-corrected chi connectivity index (χ0v) is 24.8. The van der Waals surface area contributed by atoms with E-state index in [4.69, 9.17) is 4.74 Å². The fourth-order valence-electron chi connectivity index (χ4n) is 4.87. The number of aromatic nitrogens is 1. The van der Waals surface area contributed by atoms with Crippen LogP contribution in [0.25, 0.3) is 10.2 Å². The molecule has 1 aliphatic rings. The average Bonchev–Trinajstić information content (AvgIpc) is 3.44. The molecular weight excluding hydrogens is 588 g/mol. The first-order chi connectivity index (χ1) is 20.8. The Morgan fingerprint density at radius 3 is 2.60 bits per heavy atom. The first-order valence-corrected chi connectivity index (χ1v) is 16.0. The summed E-state index contributed by atoms with van der Waals surface area (Å²) in [6.07, 6.45) is 3.06. The molecule has 43 heavy (non-hydrogen) atoms. The molecule has 5 aromatic rings. The summed E-state index contributed by atoms with van der Waals surface area (Å²) in [5.41, 5.74) is 3.12. The zero-order chi connectivity index (χ0) is 30.0. The number of carbonyl (C=O) groups excluding carboxylic acids is 1. The Bertz CT molecular complexity index is 1920. The quantitative estimate of drug-likeness (QED) is 0.144. The largest absolute Gasteiger partial charge is 0.494 e. The maximum Gasteiger partial charge on any atom is 0.280 e. The zero-order valence-electron chi connectivity index (χ0n) is 23.2. The number of nitrogens with zero attached hydrogens (tertiary/aromatic N) is 4. The highest BCUT2D eigenvalue weighted by molar-refractivity contribution is 7.92. The molecule has 0 saturated carbocycles. The topological polar surface area (TPSA) is 92.2 Å². The van der Waals surface area contributed by atoms with Crippen molar-refractivity contribution >= 4 is 54.5 Å². The SMILES string of the molecule is CCOc1ccc(/C=N/N(C(=O)c2ccc(S(=O)(=O)N3CCCc4ccccc43)cc2)c2nc3ccc(F)cc3s2)cc1. The Hall–Kier alpha value is -4.61. The fraction of sp³-hybridized carbons (Fsp3) is 0.156. The van der Waals surface area contributed by atoms with Crippen molar-refractivity contribution in [2.45, 2.75) is 24.7 Å². The summed E-state index contributed by atoms with van der Waals surface area (Å²) in [7, 11) is -3.84. The van der Waals surface area contributed by atoms with Crippen molar-refractivity contribution in [1.82, 2.24) is 4.98 Å². The van der Waals surface area contributed by atoms with Crippen LogP contribution in [0.15, 0.2) is 101 Å². The van der Waals surface area contributed by atoms with Crippen molar-refractivity contribution in [3.05, 3.63) is 114 Å². The third-order valence-electron chi connectivity index (χ3n) is 6.98. The highest BCUT2D eigenvalue weighted by Crippen LogP contribution is 2.33. The van der Waals surface area contributed by atoms with Crippen LogP contribution in [0.4, 0.5) is 15.2 Å². The van der Waals surface area contributed by atoms with Crippen LogP contribution < -0.4 is 14.1 Å². The summed E-state index contributed by atoms with van der Waals surface area (Å²) in [5.74, 6) is -0.218. The summed E-state index contributed by atoms with van der Waals surface area (Å²) in [6.45, 7) is 2.82. The van der Waals surface area contributed by atoms with Crippen molar-refractivity contribution in [2.75, 3.05) is 22.5 Å². The normalized spacial score (nSPS) is 13.3. The van der Waals surface area contributed by atoms with E-state index in [1.807, 2.05) is 43.3 Å². The minimum Gasteiger partial charge on any atom is -0.494 e. The fourth-order valence-corrected chi connectivity index (χ4v) is 7.36. The van der Waals surface area contributed by atoms with E-state index in [9.17, 15) is 17.6 Å². The molecule has 11 heteroatoms. The van der Waals surface area contributed by atoms with Gasteiger partial charge in [0, 0.05) is 12.1 Å². The Balaban J connectivity index is 1.32. The monoisotopic (exact) mass is 614 g/mol. The number of hydrogen-bond donors (Lipinski definition) is 0. The third kappa shape index (κ3) is 5.86. The minimum atomic E-state index is -3.84. The Morgan fingerprint density at radius 2 is 1.84 bits per heavy atom. The van der Waals surface area contributed by atoms with E-state index in [0.717, 1.165) is 40.3 Å². The molecule has 1 amide bonds. The molecule has 8 nitrogen and oxygen atoms in total. The molecule has 0 aliphatic carbocycles. The molecule has 0 saturated heterocycles. The second kappa shape index (κ2) is 11.9. The number of fused-ring (bicyclic) bond motifs is 2. The number of thiazole rings is 1. The molecular formula is C32H27FN4O4S2. The number of rotatable bonds is 8. The van der Waals surface area contributed by atoms with Gasteiger partial charge in [-0.15, -0.1) is 0 Å². The van der Waals surface area contributed by atoms with E-state index < -0.39 is 21.7 Å². The van der Waals surface area contributed by atoms with Crippen LogP contribution in [-0.4, -0.2) is 38.7 Å². The highest BCUT2D eigenvalue weighted by atomic mass is 32.2. The van der Waals surface area contributed by atoms with Gasteiger partial charge in [0.1, 0.15) is 11.6 Å². The predicted molar refractivity (Wildman–Crippen MR) is 167 cm³/mol. The molecule has 0 radical (unpaired) electrons. The van der Waals surface area contributed by atoms with E-state index in [-0.39, 0.29) is 15.6 Å². The average molecular weight is 615 g/mol. The van der Waals surface area contributed by atoms with Crippen LogP contribution in [0.5, 0.6) is 5.75 Å². The maximum absolute atomic E-state index is 13.9. The number of hydrazone groups is 1. The van der Waals surface area contributed by atoms with Crippen molar-refractivity contribution in [3.8, 4) is 5.75 Å². The van der Waals surface area contributed by atoms with Gasteiger partial charge in [-0.3, -0.25) is 9.10 Å². The molecule has 0 fully saturated rings. The van der Waals surface area contributed by atoms with Crippen LogP contribution in [0.3, 0.4) is 0 Å². The Kier molecular flexibility index (Phi) is 7.92. The van der Waals surface area contributed by atoms with E-state index >= 15 is 0 Å². The van der Waals surface area contributed by atoms with Crippen molar-refractivity contribution in [3.63, 3.8) is 0 Å². The smallest absolute Gasteiger partial charge is 0.280 e. The number of amides is 1. The molecule has 6 rings (SSSR count). The maximum atomic E-state index is 13.9. The molecule has 218 valence electrons. The number of ether oxygens (including phenoxy) is 1. The lowest BCUT2D eigenvalue weighted by molar-refractivity contribution is 0.0987. The molecule has 1 aliphatic heterocycles. The number of para-hydroxylation sites is 1. The highest BCUT2D eigenvalue weighted by Gasteiger charge is 2.29. The summed E-state index contributed by atoms with van der Waals surface area (Å²) in [4.78, 5) is 18.4. The molecule has 0 unspecified atom stereocenters. The summed E-state index contributed by atoms with van der Waals surface area (Å²) < 4.78 is 48.6. The number of sulfonamides is 1. The molecule has 0 spiro atoms. The van der Waals surface area contributed by atoms with Crippen molar-refractivity contribution in [1.29, 1.82) is 0 Å². The van der Waals surface area contributed by atoms with E-state index in [1.165, 1.54) is 46.9 Å². The van der Waals surface area contributed by atoms with Gasteiger partial charge < -0.3 is 4.74 Å². The lowest BCUT2D eigenvalue weighted by atomic mass is 10.0. The van der Waals surface area contributed by atoms with Crippen molar-refractivity contribution in [2.24, 2.45) is 5.10 Å². The Labute approximate surface area is 252 Å². The Morgan fingerprint density at radius 1 is 1.07 bits per heavy atom. The van der Waals surface area contributed by atoms with E-state index in [1.54, 1.807) is 18.2 Å². The molecule has 0 bridgehead atoms. The summed E-state index contributed by atoms with van der Waals surface area (Å²) in [6, 6.07) is 24.7. The second-order valence-electron chi connectivity index (χ2n) is 9.81. The van der Waals surface area contributed by atoms with Gasteiger partial charge in [-0.1, -0.05) is 29.5 Å². The molecule has 1 aromatic heterocycles. The standard InChI is InChI=1S/C32H27FN4O4S2/c1-2-41-26-14-9-22(10-15-26)21-34-37(32-35-28-18-13-25(33)20-30(28)42-32)31(38)24-11-16-27(17-12-24)43(39,40)36-19-5-7-23-6-3-4-8-29(23)36/h3-4,6,8-18,20-21H,2,5,7,19H2,1H3/b34-21+. The van der Waals surface area contributed by atoms with E-state index in [2.05, 4.69) is 10.1 Å². The van der Waals surface area contributed by atoms with Gasteiger partial charge in [0.05, 0.1) is 33.6 Å². The minimum absolute atomic E-state index is 0.0839. The molecule has 0 atom stereocenters. The van der Waals surface area contributed by atoms with Gasteiger partial charge in [0.2, 0.25) is 5.13 Å². The van der Waals surface area contributed by atoms with Gasteiger partial charge in [-0.2, -0.15) is 10.1 Å². The number of anilines is 2. The second-order valence-corrected chi connectivity index (χ2v) is 12.7. The molecule has 2 heterocycles. The van der Waals surface area contributed by atoms with E-state index in [0.29, 0.717) is 34.8 Å². The third-order valence-corrected chi connectivity index (χ3v) is 9.80. The van der Waals surface area contributed by atoms with Gasteiger partial charge in [0.25, 0.3) is 15.9 Å². The number of carbonyl (C=O) groups is 1. The van der Waals surface area contributed by atoms with Gasteiger partial charge in [-0.25, -0.2) is 17.8 Å². The summed E-state index contributed by atoms with van der Waals surface area (Å²) >= 11 is 1.12. The van der Waals surface area contributed by atoms with Gasteiger partial charge >= 0.3 is 0 Å². The molecule has 0 N–H and O–H groups in total. The van der Waals surface area contributed by atoms with Crippen LogP contribution in [-0.2, 0) is 16.4 Å². The summed E-state index contributed by atoms with van der Waals surface area (Å²) in [5, 5.41) is 5.84. The van der Waals surface area contributed by atoms with Crippen LogP contribution in [0.2, 0.25) is 0 Å².